The van der Waals surface area contributed by atoms with Crippen LogP contribution in [0.2, 0.25) is 0 Å². The zero-order valence-corrected chi connectivity index (χ0v) is 23.1. The summed E-state index contributed by atoms with van der Waals surface area (Å²) in [7, 11) is 0. The van der Waals surface area contributed by atoms with E-state index in [0.29, 0.717) is 17.1 Å². The van der Waals surface area contributed by atoms with Crippen molar-refractivity contribution in [1.82, 2.24) is 4.90 Å². The van der Waals surface area contributed by atoms with Crippen LogP contribution in [0.25, 0.3) is 22.3 Å². The van der Waals surface area contributed by atoms with Crippen LogP contribution in [0.15, 0.2) is 106 Å². The molecule has 0 saturated carbocycles. The molecule has 1 fully saturated rings. The van der Waals surface area contributed by atoms with Crippen LogP contribution >= 0.6 is 0 Å². The molecular formula is C35H31NO6. The number of morpholine rings is 1. The Morgan fingerprint density at radius 3 is 2.12 bits per heavy atom. The standard InChI is InChI=1S/C35H31NO6/c37-30-28-17-18-29-34(42-35(41-29,26-9-3-1-4-10-26)27-11-5-2-6-12-27)33(28)40-32(31(30)38)25-15-13-24(14-16-25)8-7-19-36-20-22-39-23-21-36/h1-6,9-18,38H,7-8,19-23H2. The van der Waals surface area contributed by atoms with Crippen molar-refractivity contribution in [3.8, 4) is 28.6 Å². The number of aromatic hydroxyl groups is 1. The minimum atomic E-state index is -1.27. The Morgan fingerprint density at radius 1 is 0.786 bits per heavy atom. The molecule has 2 aliphatic heterocycles. The molecule has 0 aliphatic carbocycles. The summed E-state index contributed by atoms with van der Waals surface area (Å²) in [5.41, 5.74) is 3.09. The predicted octanol–water partition coefficient (Wildman–Crippen LogP) is 6.10. The lowest BCUT2D eigenvalue weighted by atomic mass is 9.97. The van der Waals surface area contributed by atoms with Crippen LogP contribution in [-0.2, 0) is 16.9 Å². The molecule has 1 aromatic heterocycles. The summed E-state index contributed by atoms with van der Waals surface area (Å²) in [5, 5.41) is 11.1. The molecule has 42 heavy (non-hydrogen) atoms. The zero-order valence-electron chi connectivity index (χ0n) is 23.1. The molecule has 2 aliphatic rings. The highest BCUT2D eigenvalue weighted by atomic mass is 16.7. The average molecular weight is 562 g/mol. The predicted molar refractivity (Wildman–Crippen MR) is 160 cm³/mol. The summed E-state index contributed by atoms with van der Waals surface area (Å²) < 4.78 is 24.9. The second-order valence-electron chi connectivity index (χ2n) is 10.7. The highest BCUT2D eigenvalue weighted by Crippen LogP contribution is 2.51. The maximum atomic E-state index is 13.4. The Kier molecular flexibility index (Phi) is 6.90. The van der Waals surface area contributed by atoms with Crippen LogP contribution in [-0.4, -0.2) is 42.9 Å². The van der Waals surface area contributed by atoms with Crippen molar-refractivity contribution in [3.05, 3.63) is 124 Å². The van der Waals surface area contributed by atoms with Gasteiger partial charge in [-0.2, -0.15) is 0 Å². The quantitative estimate of drug-likeness (QED) is 0.257. The topological polar surface area (TPSA) is 81.4 Å². The fraction of sp³-hybridized carbons (Fsp3) is 0.229. The molecule has 7 rings (SSSR count). The first-order chi connectivity index (χ1) is 20.6. The van der Waals surface area contributed by atoms with Crippen LogP contribution in [0.1, 0.15) is 23.1 Å². The van der Waals surface area contributed by atoms with Crippen LogP contribution in [0.3, 0.4) is 0 Å². The molecule has 0 atom stereocenters. The van der Waals surface area contributed by atoms with Crippen molar-refractivity contribution >= 4 is 11.0 Å². The van der Waals surface area contributed by atoms with Gasteiger partial charge in [-0.05, 0) is 37.1 Å². The highest BCUT2D eigenvalue weighted by molar-refractivity contribution is 5.89. The fourth-order valence-electron chi connectivity index (χ4n) is 5.77. The van der Waals surface area contributed by atoms with Gasteiger partial charge in [0.25, 0.3) is 0 Å². The third-order valence-corrected chi connectivity index (χ3v) is 8.02. The molecule has 5 aromatic rings. The lowest BCUT2D eigenvalue weighted by Crippen LogP contribution is -2.36. The Balaban J connectivity index is 1.23. The van der Waals surface area contributed by atoms with Crippen LogP contribution < -0.4 is 14.9 Å². The van der Waals surface area contributed by atoms with Gasteiger partial charge in [-0.25, -0.2) is 0 Å². The molecule has 1 saturated heterocycles. The molecule has 3 heterocycles. The van der Waals surface area contributed by atoms with Gasteiger partial charge < -0.3 is 23.7 Å². The number of benzene rings is 4. The third-order valence-electron chi connectivity index (χ3n) is 8.02. The Morgan fingerprint density at radius 2 is 1.45 bits per heavy atom. The van der Waals surface area contributed by atoms with Gasteiger partial charge in [-0.15, -0.1) is 0 Å². The van der Waals surface area contributed by atoms with E-state index in [2.05, 4.69) is 4.90 Å². The van der Waals surface area contributed by atoms with E-state index < -0.39 is 17.0 Å². The minimum Gasteiger partial charge on any atom is -0.502 e. The summed E-state index contributed by atoms with van der Waals surface area (Å²) in [4.78, 5) is 15.8. The van der Waals surface area contributed by atoms with Crippen LogP contribution in [0.5, 0.6) is 17.2 Å². The van der Waals surface area contributed by atoms with Crippen LogP contribution in [0, 0.1) is 0 Å². The molecule has 0 unspecified atom stereocenters. The molecule has 0 amide bonds. The SMILES string of the molecule is O=c1c(O)c(-c2ccc(CCCN3CCOCC3)cc2)oc2c3c(ccc12)OC(c1ccccc1)(c1ccccc1)O3. The van der Waals surface area contributed by atoms with Crippen molar-refractivity contribution < 1.29 is 23.7 Å². The number of nitrogens with zero attached hydrogens (tertiary/aromatic N) is 1. The van der Waals surface area contributed by atoms with Gasteiger partial charge in [0, 0.05) is 29.8 Å². The van der Waals surface area contributed by atoms with Crippen molar-refractivity contribution in [1.29, 1.82) is 0 Å². The molecule has 0 radical (unpaired) electrons. The summed E-state index contributed by atoms with van der Waals surface area (Å²) in [6.07, 6.45) is 1.98. The number of hydrogen-bond acceptors (Lipinski definition) is 7. The number of rotatable bonds is 7. The Labute approximate surface area is 243 Å². The Bertz CT molecular complexity index is 1720. The second kappa shape index (κ2) is 11.0. The molecule has 212 valence electrons. The largest absolute Gasteiger partial charge is 0.502 e. The Hall–Kier alpha value is -4.59. The average Bonchev–Trinajstić information content (AvgIpc) is 3.46. The van der Waals surface area contributed by atoms with Gasteiger partial charge in [-0.3, -0.25) is 9.69 Å². The van der Waals surface area contributed by atoms with Crippen molar-refractivity contribution in [2.75, 3.05) is 32.8 Å². The van der Waals surface area contributed by atoms with E-state index in [1.165, 1.54) is 5.56 Å². The van der Waals surface area contributed by atoms with Gasteiger partial charge in [0.1, 0.15) is 0 Å². The molecule has 0 spiro atoms. The van der Waals surface area contributed by atoms with E-state index in [1.807, 2.05) is 84.9 Å². The highest BCUT2D eigenvalue weighted by Gasteiger charge is 2.46. The fourth-order valence-corrected chi connectivity index (χ4v) is 5.77. The van der Waals surface area contributed by atoms with Crippen LogP contribution in [0.4, 0.5) is 0 Å². The van der Waals surface area contributed by atoms with E-state index in [1.54, 1.807) is 12.1 Å². The smallest absolute Gasteiger partial charge is 0.305 e. The van der Waals surface area contributed by atoms with Gasteiger partial charge in [-0.1, -0.05) is 84.9 Å². The number of aryl methyl sites for hydroxylation is 1. The molecule has 7 heteroatoms. The summed E-state index contributed by atoms with van der Waals surface area (Å²) >= 11 is 0. The van der Waals surface area contributed by atoms with Crippen molar-refractivity contribution in [2.45, 2.75) is 18.6 Å². The zero-order chi connectivity index (χ0) is 28.5. The van der Waals surface area contributed by atoms with Crippen molar-refractivity contribution in [2.24, 2.45) is 0 Å². The van der Waals surface area contributed by atoms with Gasteiger partial charge >= 0.3 is 5.79 Å². The van der Waals surface area contributed by atoms with Gasteiger partial charge in [0.05, 0.1) is 18.6 Å². The molecule has 7 nitrogen and oxygen atoms in total. The summed E-state index contributed by atoms with van der Waals surface area (Å²) in [6, 6.07) is 30.4. The normalized spacial score (nSPS) is 16.1. The molecule has 0 bridgehead atoms. The number of fused-ring (bicyclic) bond motifs is 3. The van der Waals surface area contributed by atoms with E-state index >= 15 is 0 Å². The monoisotopic (exact) mass is 561 g/mol. The lowest BCUT2D eigenvalue weighted by Gasteiger charge is -2.28. The van der Waals surface area contributed by atoms with E-state index in [9.17, 15) is 9.90 Å². The van der Waals surface area contributed by atoms with E-state index in [4.69, 9.17) is 18.6 Å². The number of ether oxygens (including phenoxy) is 3. The van der Waals surface area contributed by atoms with Gasteiger partial charge in [0.15, 0.2) is 17.1 Å². The number of hydrogen-bond donors (Lipinski definition) is 1. The molecule has 4 aromatic carbocycles. The van der Waals surface area contributed by atoms with E-state index in [-0.39, 0.29) is 16.7 Å². The van der Waals surface area contributed by atoms with E-state index in [0.717, 1.165) is 56.8 Å². The summed E-state index contributed by atoms with van der Waals surface area (Å²) in [6.45, 7) is 4.60. The van der Waals surface area contributed by atoms with Crippen molar-refractivity contribution in [3.63, 3.8) is 0 Å². The maximum absolute atomic E-state index is 13.4. The second-order valence-corrected chi connectivity index (χ2v) is 10.7. The minimum absolute atomic E-state index is 0.0984. The summed E-state index contributed by atoms with van der Waals surface area (Å²) in [5.74, 6) is -0.831. The first-order valence-electron chi connectivity index (χ1n) is 14.3. The first kappa shape index (κ1) is 26.3. The molecular weight excluding hydrogens is 530 g/mol. The lowest BCUT2D eigenvalue weighted by molar-refractivity contribution is -0.0456. The van der Waals surface area contributed by atoms with Gasteiger partial charge in [0.2, 0.25) is 16.9 Å². The molecule has 1 N–H and O–H groups in total. The first-order valence-corrected chi connectivity index (χ1v) is 14.3. The third kappa shape index (κ3) is 4.70. The maximum Gasteiger partial charge on any atom is 0.305 e.